The van der Waals surface area contributed by atoms with Crippen molar-refractivity contribution in [2.75, 3.05) is 9.80 Å². The Bertz CT molecular complexity index is 1460. The van der Waals surface area contributed by atoms with E-state index in [0.717, 1.165) is 10.5 Å². The third-order valence-electron chi connectivity index (χ3n) is 5.86. The molecular weight excluding hydrogens is 466 g/mol. The van der Waals surface area contributed by atoms with Crippen LogP contribution in [-0.2, 0) is 4.79 Å². The van der Waals surface area contributed by atoms with E-state index in [1.54, 1.807) is 60.7 Å². The van der Waals surface area contributed by atoms with Crippen molar-refractivity contribution < 1.29 is 9.59 Å². The Labute approximate surface area is 214 Å². The summed E-state index contributed by atoms with van der Waals surface area (Å²) in [6, 6.07) is 35.9. The van der Waals surface area contributed by atoms with Crippen LogP contribution in [0, 0.1) is 11.3 Å². The van der Waals surface area contributed by atoms with Crippen molar-refractivity contribution in [3.63, 3.8) is 0 Å². The summed E-state index contributed by atoms with van der Waals surface area (Å²) in [5.74, 6) is -0.508. The van der Waals surface area contributed by atoms with Crippen LogP contribution in [0.25, 0.3) is 5.57 Å². The lowest BCUT2D eigenvalue weighted by Gasteiger charge is -2.37. The van der Waals surface area contributed by atoms with Gasteiger partial charge in [-0.1, -0.05) is 91.1 Å². The van der Waals surface area contributed by atoms with Crippen molar-refractivity contribution in [1.29, 1.82) is 5.26 Å². The fourth-order valence-corrected chi connectivity index (χ4v) is 4.56. The molecule has 1 fully saturated rings. The molecule has 0 saturated carbocycles. The van der Waals surface area contributed by atoms with Gasteiger partial charge in [-0.25, -0.2) is 9.69 Å². The minimum atomic E-state index is -0.543. The molecule has 172 valence electrons. The number of carbonyl (C=O) groups is 2. The van der Waals surface area contributed by atoms with Gasteiger partial charge in [0.15, 0.2) is 0 Å². The first-order chi connectivity index (χ1) is 17.6. The van der Waals surface area contributed by atoms with Crippen LogP contribution in [0.3, 0.4) is 0 Å². The summed E-state index contributed by atoms with van der Waals surface area (Å²) >= 11 is 5.86. The highest BCUT2D eigenvalue weighted by atomic mass is 32.1. The molecular formula is C30H19N3O2S. The molecule has 6 heteroatoms. The number of carbonyl (C=O) groups excluding carboxylic acids is 2. The standard InChI is InChI=1S/C30H19N3O2S/c31-20-21-16-18-23(19-17-21)26(22-10-4-1-5-11-22)27-28(34)32(24-12-6-2-7-13-24)30(35)33(29(27)36)25-14-8-3-9-15-25/h1-19H. The molecule has 1 saturated heterocycles. The number of para-hydroxylation sites is 2. The van der Waals surface area contributed by atoms with Crippen LogP contribution < -0.4 is 9.80 Å². The second kappa shape index (κ2) is 9.79. The van der Waals surface area contributed by atoms with Gasteiger partial charge in [0.05, 0.1) is 28.6 Å². The minimum absolute atomic E-state index is 0.117. The molecule has 0 atom stereocenters. The van der Waals surface area contributed by atoms with Gasteiger partial charge in [-0.2, -0.15) is 5.26 Å². The topological polar surface area (TPSA) is 64.4 Å². The molecule has 0 spiro atoms. The number of anilines is 2. The molecule has 5 nitrogen and oxygen atoms in total. The summed E-state index contributed by atoms with van der Waals surface area (Å²) in [7, 11) is 0. The lowest BCUT2D eigenvalue weighted by Crippen LogP contribution is -2.56. The maximum atomic E-state index is 14.1. The van der Waals surface area contributed by atoms with E-state index >= 15 is 0 Å². The van der Waals surface area contributed by atoms with Gasteiger partial charge in [-0.05, 0) is 47.5 Å². The molecule has 3 amide bonds. The van der Waals surface area contributed by atoms with E-state index in [0.29, 0.717) is 28.1 Å². The number of hydrogen-bond donors (Lipinski definition) is 0. The largest absolute Gasteiger partial charge is 0.341 e. The van der Waals surface area contributed by atoms with Crippen molar-refractivity contribution in [3.8, 4) is 6.07 Å². The molecule has 1 aliphatic heterocycles. The van der Waals surface area contributed by atoms with Crippen molar-refractivity contribution in [1.82, 2.24) is 0 Å². The SMILES string of the molecule is N#Cc1ccc(C(=C2C(=O)N(c3ccccc3)C(=O)N(c3ccccc3)C2=S)c2ccccc2)cc1. The lowest BCUT2D eigenvalue weighted by molar-refractivity contribution is -0.114. The van der Waals surface area contributed by atoms with Crippen LogP contribution in [0.5, 0.6) is 0 Å². The number of urea groups is 1. The van der Waals surface area contributed by atoms with Crippen molar-refractivity contribution in [3.05, 3.63) is 138 Å². The van der Waals surface area contributed by atoms with Crippen molar-refractivity contribution in [2.24, 2.45) is 0 Å². The Morgan fingerprint density at radius 3 is 1.64 bits per heavy atom. The van der Waals surface area contributed by atoms with E-state index in [2.05, 4.69) is 6.07 Å². The summed E-state index contributed by atoms with van der Waals surface area (Å²) in [5, 5.41) is 9.28. The van der Waals surface area contributed by atoms with E-state index in [9.17, 15) is 14.9 Å². The highest BCUT2D eigenvalue weighted by Gasteiger charge is 2.43. The quantitative estimate of drug-likeness (QED) is 0.249. The Balaban J connectivity index is 1.81. The first kappa shape index (κ1) is 22.9. The second-order valence-electron chi connectivity index (χ2n) is 8.04. The first-order valence-electron chi connectivity index (χ1n) is 11.2. The van der Waals surface area contributed by atoms with Crippen LogP contribution in [-0.4, -0.2) is 16.9 Å². The fraction of sp³-hybridized carbons (Fsp3) is 0. The summed E-state index contributed by atoms with van der Waals surface area (Å²) in [5.41, 5.74) is 3.80. The van der Waals surface area contributed by atoms with Crippen LogP contribution in [0.15, 0.2) is 121 Å². The zero-order valence-corrected chi connectivity index (χ0v) is 19.9. The molecule has 0 N–H and O–H groups in total. The van der Waals surface area contributed by atoms with Crippen LogP contribution in [0.4, 0.5) is 16.2 Å². The van der Waals surface area contributed by atoms with E-state index in [-0.39, 0.29) is 10.6 Å². The van der Waals surface area contributed by atoms with Crippen LogP contribution in [0.1, 0.15) is 16.7 Å². The van der Waals surface area contributed by atoms with Gasteiger partial charge in [0.2, 0.25) is 0 Å². The molecule has 0 unspecified atom stereocenters. The average molecular weight is 486 g/mol. The molecule has 1 heterocycles. The number of amides is 3. The Hall–Kier alpha value is -4.86. The molecule has 4 aromatic rings. The highest BCUT2D eigenvalue weighted by molar-refractivity contribution is 7.81. The first-order valence-corrected chi connectivity index (χ1v) is 11.6. The third-order valence-corrected chi connectivity index (χ3v) is 6.25. The molecule has 5 rings (SSSR count). The number of imide groups is 1. The summed E-state index contributed by atoms with van der Waals surface area (Å²) in [6.45, 7) is 0. The maximum Gasteiger partial charge on any atom is 0.341 e. The van der Waals surface area contributed by atoms with Gasteiger partial charge in [-0.15, -0.1) is 0 Å². The van der Waals surface area contributed by atoms with Crippen LogP contribution in [0.2, 0.25) is 0 Å². The summed E-state index contributed by atoms with van der Waals surface area (Å²) in [6.07, 6.45) is 0. The number of nitriles is 1. The van der Waals surface area contributed by atoms with Gasteiger partial charge in [0.25, 0.3) is 5.91 Å². The molecule has 0 aromatic heterocycles. The highest BCUT2D eigenvalue weighted by Crippen LogP contribution is 2.36. The van der Waals surface area contributed by atoms with E-state index in [1.807, 2.05) is 54.6 Å². The van der Waals surface area contributed by atoms with Gasteiger partial charge in [0.1, 0.15) is 4.99 Å². The molecule has 1 aliphatic rings. The fourth-order valence-electron chi connectivity index (χ4n) is 4.18. The van der Waals surface area contributed by atoms with Gasteiger partial charge in [0, 0.05) is 5.57 Å². The number of benzene rings is 4. The molecule has 0 aliphatic carbocycles. The predicted octanol–water partition coefficient (Wildman–Crippen LogP) is 6.36. The Kier molecular flexibility index (Phi) is 6.23. The zero-order valence-electron chi connectivity index (χ0n) is 19.0. The molecule has 0 radical (unpaired) electrons. The number of hydrogen-bond acceptors (Lipinski definition) is 4. The molecule has 0 bridgehead atoms. The normalized spacial score (nSPS) is 15.0. The second-order valence-corrected chi connectivity index (χ2v) is 8.43. The van der Waals surface area contributed by atoms with Gasteiger partial charge >= 0.3 is 6.03 Å². The Morgan fingerprint density at radius 2 is 1.11 bits per heavy atom. The van der Waals surface area contributed by atoms with Crippen LogP contribution >= 0.6 is 12.2 Å². The summed E-state index contributed by atoms with van der Waals surface area (Å²) < 4.78 is 0. The number of nitrogens with zero attached hydrogens (tertiary/aromatic N) is 3. The van der Waals surface area contributed by atoms with Gasteiger partial charge < -0.3 is 0 Å². The average Bonchev–Trinajstić information content (AvgIpc) is 2.93. The van der Waals surface area contributed by atoms with Crippen molar-refractivity contribution >= 4 is 46.1 Å². The monoisotopic (exact) mass is 485 g/mol. The van der Waals surface area contributed by atoms with E-state index < -0.39 is 11.9 Å². The van der Waals surface area contributed by atoms with Gasteiger partial charge in [-0.3, -0.25) is 9.69 Å². The van der Waals surface area contributed by atoms with E-state index in [4.69, 9.17) is 12.2 Å². The smallest absolute Gasteiger partial charge is 0.268 e. The van der Waals surface area contributed by atoms with Crippen molar-refractivity contribution in [2.45, 2.75) is 0 Å². The lowest BCUT2D eigenvalue weighted by atomic mass is 9.90. The van der Waals surface area contributed by atoms with E-state index in [1.165, 1.54) is 4.90 Å². The number of thiocarbonyl (C=S) groups is 1. The third kappa shape index (κ3) is 4.09. The summed E-state index contributed by atoms with van der Waals surface area (Å²) in [4.78, 5) is 30.5. The molecule has 36 heavy (non-hydrogen) atoms. The minimum Gasteiger partial charge on any atom is -0.268 e. The number of rotatable bonds is 4. The predicted molar refractivity (Wildman–Crippen MR) is 144 cm³/mol. The molecule has 4 aromatic carbocycles. The zero-order chi connectivity index (χ0) is 25.1. The maximum absolute atomic E-state index is 14.1. The Morgan fingerprint density at radius 1 is 0.639 bits per heavy atom.